The van der Waals surface area contributed by atoms with E-state index in [1.165, 1.54) is 6.33 Å². The van der Waals surface area contributed by atoms with E-state index in [4.69, 9.17) is 29.7 Å². The van der Waals surface area contributed by atoms with E-state index in [9.17, 15) is 14.3 Å². The fraction of sp³-hybridized carbons (Fsp3) is 0.500. The summed E-state index contributed by atoms with van der Waals surface area (Å²) >= 11 is 0. The molecule has 0 spiro atoms. The molecule has 28 heavy (non-hydrogen) atoms. The highest BCUT2D eigenvalue weighted by molar-refractivity contribution is 7.63. The summed E-state index contributed by atoms with van der Waals surface area (Å²) in [5.41, 5.74) is 5.43. The summed E-state index contributed by atoms with van der Waals surface area (Å²) in [6.07, 6.45) is 1.38. The maximum atomic E-state index is 11.8. The summed E-state index contributed by atoms with van der Waals surface area (Å²) < 4.78 is 31.6. The highest BCUT2D eigenvalue weighted by atomic mass is 31.3. The van der Waals surface area contributed by atoms with E-state index in [0.717, 1.165) is 0 Å². The second kappa shape index (κ2) is 8.74. The topological polar surface area (TPSA) is 224 Å². The lowest BCUT2D eigenvalue weighted by Gasteiger charge is -2.18. The molecule has 3 rings (SSSR count). The van der Waals surface area contributed by atoms with Gasteiger partial charge in [-0.15, -0.1) is 0 Å². The number of rotatable bonds is 8. The number of anilines is 1. The molecule has 0 aliphatic carbocycles. The third-order valence-corrected chi connectivity index (χ3v) is 6.73. The maximum absolute atomic E-state index is 11.8. The summed E-state index contributed by atoms with van der Waals surface area (Å²) in [7, 11) is -10.9. The lowest BCUT2D eigenvalue weighted by atomic mass is 10.2. The van der Waals surface area contributed by atoms with Gasteiger partial charge in [-0.05, 0) is 12.8 Å². The molecule has 0 amide bonds. The normalized spacial score (nSPS) is 23.3. The molecule has 4 atom stereocenters. The van der Waals surface area contributed by atoms with Gasteiger partial charge in [-0.25, -0.2) is 18.2 Å². The monoisotopic (exact) mass is 459 g/mol. The van der Waals surface area contributed by atoms with Crippen LogP contribution in [0, 0.1) is 0 Å². The van der Waals surface area contributed by atoms with Crippen LogP contribution in [0.25, 0.3) is 11.2 Å². The first-order valence-corrected chi connectivity index (χ1v) is 11.3. The van der Waals surface area contributed by atoms with E-state index in [1.54, 1.807) is 4.57 Å². The van der Waals surface area contributed by atoms with Crippen molar-refractivity contribution >= 4 is 42.1 Å². The molecule has 0 bridgehead atoms. The quantitative estimate of drug-likeness (QED) is 0.285. The smallest absolute Gasteiger partial charge is 0.369 e. The molecule has 18 heteroatoms. The van der Waals surface area contributed by atoms with E-state index >= 15 is 0 Å². The van der Waals surface area contributed by atoms with Crippen LogP contribution < -0.4 is 11.3 Å². The first-order chi connectivity index (χ1) is 13.1. The molecule has 1 fully saturated rings. The number of ether oxygens (including phenoxy) is 1. The molecule has 7 N–H and O–H groups in total. The molecule has 156 valence electrons. The van der Waals surface area contributed by atoms with Gasteiger partial charge in [0.15, 0.2) is 11.2 Å². The highest BCUT2D eigenvalue weighted by Gasteiger charge is 2.33. The van der Waals surface area contributed by atoms with Gasteiger partial charge in [0.2, 0.25) is 5.95 Å². The zero-order chi connectivity index (χ0) is 20.5. The fourth-order valence-corrected chi connectivity index (χ4v) is 4.85. The average Bonchev–Trinajstić information content (AvgIpc) is 3.17. The molecule has 4 unspecified atom stereocenters. The van der Waals surface area contributed by atoms with Crippen molar-refractivity contribution < 1.29 is 42.0 Å². The van der Waals surface area contributed by atoms with Crippen molar-refractivity contribution in [3.8, 4) is 0 Å². The molecular weight excluding hydrogens is 443 g/mol. The van der Waals surface area contributed by atoms with E-state index < -0.39 is 42.9 Å². The molecule has 1 aliphatic heterocycles. The van der Waals surface area contributed by atoms with Crippen molar-refractivity contribution in [1.82, 2.24) is 19.5 Å². The Morgan fingerprint density at radius 3 is 2.86 bits per heavy atom. The van der Waals surface area contributed by atoms with Crippen LogP contribution in [0.2, 0.25) is 0 Å². The fourth-order valence-electron chi connectivity index (χ4n) is 2.53. The van der Waals surface area contributed by atoms with Crippen molar-refractivity contribution in [2.24, 2.45) is 0 Å². The van der Waals surface area contributed by atoms with Gasteiger partial charge in [0.1, 0.15) is 6.23 Å². The summed E-state index contributed by atoms with van der Waals surface area (Å²) in [5, 5.41) is 0. The Morgan fingerprint density at radius 1 is 1.39 bits per heavy atom. The van der Waals surface area contributed by atoms with E-state index in [1.807, 2.05) is 0 Å². The second-order valence-electron chi connectivity index (χ2n) is 5.48. The van der Waals surface area contributed by atoms with Crippen molar-refractivity contribution in [3.05, 3.63) is 16.7 Å². The Balaban J connectivity index is 1.56. The summed E-state index contributed by atoms with van der Waals surface area (Å²) in [6.45, 7) is -0.186. The minimum atomic E-state index is -4.88. The second-order valence-corrected chi connectivity index (χ2v) is 8.97. The van der Waals surface area contributed by atoms with Gasteiger partial charge in [0.05, 0.1) is 19.0 Å². The zero-order valence-electron chi connectivity index (χ0n) is 13.9. The molecule has 2 aromatic heterocycles. The van der Waals surface area contributed by atoms with Crippen LogP contribution in [0.15, 0.2) is 11.1 Å². The molecule has 0 radical (unpaired) electrons. The lowest BCUT2D eigenvalue weighted by molar-refractivity contribution is -0.0176. The number of nitrogen functional groups attached to an aromatic ring is 1. The van der Waals surface area contributed by atoms with Gasteiger partial charge in [0, 0.05) is 0 Å². The Hall–Kier alpha value is -1.08. The van der Waals surface area contributed by atoms with E-state index in [0.29, 0.717) is 12.8 Å². The minimum absolute atomic E-state index is 0.0646. The average molecular weight is 459 g/mol. The summed E-state index contributed by atoms with van der Waals surface area (Å²) in [4.78, 5) is 58.0. The predicted octanol–water partition coefficient (Wildman–Crippen LogP) is -0.0397. The summed E-state index contributed by atoms with van der Waals surface area (Å²) in [6, 6.07) is 0. The third kappa shape index (κ3) is 5.29. The Labute approximate surface area is 158 Å². The standard InChI is InChI=1S/C10H16N5O10P3/c11-10-13-8-7(9(16)14-10)12-4-15(8)6-2-1-5(23-6)3-22-27(19)25-28(20,21)24-26(17)18/h4-6,17-19H,1-3H2,(H,20,21)(H3,11,13,14,16). The maximum Gasteiger partial charge on any atom is 0.485 e. The van der Waals surface area contributed by atoms with Crippen LogP contribution in [0.1, 0.15) is 19.1 Å². The molecule has 1 aliphatic rings. The molecule has 3 heterocycles. The number of aromatic nitrogens is 4. The Kier molecular flexibility index (Phi) is 6.75. The van der Waals surface area contributed by atoms with Crippen LogP contribution >= 0.6 is 25.0 Å². The number of fused-ring (bicyclic) bond motifs is 1. The lowest BCUT2D eigenvalue weighted by Crippen LogP contribution is -2.17. The van der Waals surface area contributed by atoms with Crippen LogP contribution in [-0.2, 0) is 22.4 Å². The van der Waals surface area contributed by atoms with Crippen LogP contribution in [-0.4, -0.2) is 51.8 Å². The predicted molar refractivity (Wildman–Crippen MR) is 94.1 cm³/mol. The highest BCUT2D eigenvalue weighted by Crippen LogP contribution is 2.61. The number of nitrogens with one attached hydrogen (secondary N) is 1. The minimum Gasteiger partial charge on any atom is -0.369 e. The Bertz CT molecular complexity index is 936. The van der Waals surface area contributed by atoms with E-state index in [2.05, 4.69) is 23.6 Å². The van der Waals surface area contributed by atoms with Crippen molar-refractivity contribution in [2.75, 3.05) is 12.3 Å². The molecule has 0 saturated carbocycles. The van der Waals surface area contributed by atoms with Gasteiger partial charge in [-0.3, -0.25) is 14.3 Å². The first kappa shape index (κ1) is 21.6. The number of H-pyrrole nitrogens is 1. The van der Waals surface area contributed by atoms with Crippen LogP contribution in [0.3, 0.4) is 0 Å². The first-order valence-electron chi connectivity index (χ1n) is 7.54. The number of nitrogens with two attached hydrogens (primary N) is 1. The van der Waals surface area contributed by atoms with Gasteiger partial charge in [-0.2, -0.15) is 4.98 Å². The number of aromatic amines is 1. The number of nitrogens with zero attached hydrogens (tertiary/aromatic N) is 3. The van der Waals surface area contributed by atoms with Crippen molar-refractivity contribution in [1.29, 1.82) is 0 Å². The molecule has 0 aromatic carbocycles. The van der Waals surface area contributed by atoms with Crippen molar-refractivity contribution in [3.63, 3.8) is 0 Å². The van der Waals surface area contributed by atoms with Crippen LogP contribution in [0.4, 0.5) is 5.95 Å². The van der Waals surface area contributed by atoms with Gasteiger partial charge in [0.25, 0.3) is 5.56 Å². The number of imidazole rings is 1. The Morgan fingerprint density at radius 2 is 2.14 bits per heavy atom. The summed E-state index contributed by atoms with van der Waals surface area (Å²) in [5.74, 6) is -0.0646. The SMILES string of the molecule is Nc1nc2c(ncn2C2CCC(COP(O)OP(=O)(O)OP(O)O)O2)c(=O)[nH]1. The zero-order valence-corrected chi connectivity index (χ0v) is 16.5. The molecule has 2 aromatic rings. The number of hydrogen-bond donors (Lipinski definition) is 6. The molecular formula is C10H16N5O10P3. The van der Waals surface area contributed by atoms with Gasteiger partial charge < -0.3 is 34.6 Å². The van der Waals surface area contributed by atoms with Gasteiger partial charge >= 0.3 is 25.0 Å². The number of phosphoric acid groups is 1. The number of hydrogen-bond acceptors (Lipinski definition) is 12. The largest absolute Gasteiger partial charge is 0.485 e. The van der Waals surface area contributed by atoms with Crippen LogP contribution in [0.5, 0.6) is 0 Å². The van der Waals surface area contributed by atoms with Gasteiger partial charge in [-0.1, -0.05) is 0 Å². The van der Waals surface area contributed by atoms with Crippen molar-refractivity contribution in [2.45, 2.75) is 25.2 Å². The van der Waals surface area contributed by atoms with E-state index in [-0.39, 0.29) is 23.7 Å². The molecule has 1 saturated heterocycles. The third-order valence-electron chi connectivity index (χ3n) is 3.57. The molecule has 15 nitrogen and oxygen atoms in total.